The summed E-state index contributed by atoms with van der Waals surface area (Å²) in [6.07, 6.45) is 3.77. The van der Waals surface area contributed by atoms with Crippen molar-refractivity contribution in [3.8, 4) is 0 Å². The number of rotatable bonds is 6. The number of esters is 1. The first-order valence-corrected chi connectivity index (χ1v) is 6.98. The van der Waals surface area contributed by atoms with Gasteiger partial charge in [-0.05, 0) is 24.1 Å². The molecule has 1 aromatic heterocycles. The van der Waals surface area contributed by atoms with Crippen molar-refractivity contribution in [2.24, 2.45) is 0 Å². The number of pyridine rings is 1. The Kier molecular flexibility index (Phi) is 5.46. The van der Waals surface area contributed by atoms with Crippen molar-refractivity contribution in [3.05, 3.63) is 66.0 Å². The monoisotopic (exact) mass is 284 g/mol. The van der Waals surface area contributed by atoms with Gasteiger partial charge in [0.2, 0.25) is 0 Å². The molecule has 21 heavy (non-hydrogen) atoms. The van der Waals surface area contributed by atoms with Crippen LogP contribution in [0.2, 0.25) is 0 Å². The van der Waals surface area contributed by atoms with Crippen LogP contribution in [0.3, 0.4) is 0 Å². The summed E-state index contributed by atoms with van der Waals surface area (Å²) in [4.78, 5) is 15.8. The molecule has 110 valence electrons. The van der Waals surface area contributed by atoms with Crippen LogP contribution in [0.25, 0.3) is 0 Å². The summed E-state index contributed by atoms with van der Waals surface area (Å²) in [5.41, 5.74) is 2.15. The van der Waals surface area contributed by atoms with E-state index in [9.17, 15) is 4.79 Å². The highest BCUT2D eigenvalue weighted by molar-refractivity contribution is 5.70. The van der Waals surface area contributed by atoms with Crippen molar-refractivity contribution in [1.29, 1.82) is 0 Å². The molecular formula is C17H20N2O2. The predicted molar refractivity (Wildman–Crippen MR) is 81.6 cm³/mol. The minimum Gasteiger partial charge on any atom is -0.469 e. The van der Waals surface area contributed by atoms with Gasteiger partial charge in [0.25, 0.3) is 0 Å². The second-order valence-electron chi connectivity index (χ2n) is 4.92. The molecule has 1 N–H and O–H groups in total. The van der Waals surface area contributed by atoms with E-state index in [1.165, 1.54) is 12.7 Å². The molecule has 0 saturated carbocycles. The summed E-state index contributed by atoms with van der Waals surface area (Å²) in [6.45, 7) is 2.08. The third-order valence-electron chi connectivity index (χ3n) is 3.44. The maximum atomic E-state index is 11.6. The van der Waals surface area contributed by atoms with Crippen molar-refractivity contribution >= 4 is 5.97 Å². The molecule has 2 atom stereocenters. The highest BCUT2D eigenvalue weighted by Gasteiger charge is 2.19. The van der Waals surface area contributed by atoms with E-state index in [2.05, 4.69) is 29.4 Å². The lowest BCUT2D eigenvalue weighted by Gasteiger charge is -2.23. The van der Waals surface area contributed by atoms with Crippen LogP contribution < -0.4 is 5.32 Å². The van der Waals surface area contributed by atoms with Gasteiger partial charge < -0.3 is 10.1 Å². The lowest BCUT2D eigenvalue weighted by atomic mass is 10.0. The molecule has 4 nitrogen and oxygen atoms in total. The van der Waals surface area contributed by atoms with E-state index < -0.39 is 0 Å². The molecule has 0 aliphatic rings. The number of nitrogens with one attached hydrogen (secondary N) is 1. The highest BCUT2D eigenvalue weighted by atomic mass is 16.5. The molecule has 0 aliphatic carbocycles. The Labute approximate surface area is 125 Å². The van der Waals surface area contributed by atoms with Crippen LogP contribution in [0.4, 0.5) is 0 Å². The van der Waals surface area contributed by atoms with Crippen LogP contribution in [0, 0.1) is 0 Å². The SMILES string of the molecule is COC(=O)C[C@@H](N[C@H](C)c1ccccc1)c1cccnc1. The number of hydrogen-bond donors (Lipinski definition) is 1. The van der Waals surface area contributed by atoms with Gasteiger partial charge in [-0.1, -0.05) is 36.4 Å². The van der Waals surface area contributed by atoms with Crippen LogP contribution in [0.1, 0.15) is 36.6 Å². The van der Waals surface area contributed by atoms with Crippen LogP contribution in [0.5, 0.6) is 0 Å². The van der Waals surface area contributed by atoms with E-state index in [-0.39, 0.29) is 24.5 Å². The van der Waals surface area contributed by atoms with E-state index in [1.54, 1.807) is 12.4 Å². The largest absolute Gasteiger partial charge is 0.469 e. The number of methoxy groups -OCH3 is 1. The van der Waals surface area contributed by atoms with Crippen molar-refractivity contribution in [2.75, 3.05) is 7.11 Å². The van der Waals surface area contributed by atoms with Crippen molar-refractivity contribution in [3.63, 3.8) is 0 Å². The molecule has 1 aromatic carbocycles. The highest BCUT2D eigenvalue weighted by Crippen LogP contribution is 2.22. The summed E-state index contributed by atoms with van der Waals surface area (Å²) in [5.74, 6) is -0.239. The van der Waals surface area contributed by atoms with Crippen LogP contribution in [-0.4, -0.2) is 18.1 Å². The topological polar surface area (TPSA) is 51.2 Å². The zero-order chi connectivity index (χ0) is 15.1. The van der Waals surface area contributed by atoms with Gasteiger partial charge >= 0.3 is 5.97 Å². The maximum absolute atomic E-state index is 11.6. The molecule has 0 bridgehead atoms. The fourth-order valence-electron chi connectivity index (χ4n) is 2.24. The number of carbonyl (C=O) groups is 1. The predicted octanol–water partition coefficient (Wildman–Crippen LogP) is 3.04. The molecule has 0 fully saturated rings. The van der Waals surface area contributed by atoms with Crippen molar-refractivity contribution in [1.82, 2.24) is 10.3 Å². The zero-order valence-corrected chi connectivity index (χ0v) is 12.3. The van der Waals surface area contributed by atoms with E-state index in [0.717, 1.165) is 5.56 Å². The molecule has 0 aliphatic heterocycles. The number of ether oxygens (including phenoxy) is 1. The first-order chi connectivity index (χ1) is 10.2. The number of aromatic nitrogens is 1. The molecular weight excluding hydrogens is 264 g/mol. The van der Waals surface area contributed by atoms with Gasteiger partial charge in [0.05, 0.1) is 13.5 Å². The third-order valence-corrected chi connectivity index (χ3v) is 3.44. The normalized spacial score (nSPS) is 13.4. The summed E-state index contributed by atoms with van der Waals surface area (Å²) in [5, 5.41) is 3.47. The molecule has 2 rings (SSSR count). The molecule has 4 heteroatoms. The lowest BCUT2D eigenvalue weighted by molar-refractivity contribution is -0.141. The first-order valence-electron chi connectivity index (χ1n) is 6.98. The number of carbonyl (C=O) groups excluding carboxylic acids is 1. The number of nitrogens with zero attached hydrogens (tertiary/aromatic N) is 1. The fourth-order valence-corrected chi connectivity index (χ4v) is 2.24. The Morgan fingerprint density at radius 1 is 1.19 bits per heavy atom. The summed E-state index contributed by atoms with van der Waals surface area (Å²) >= 11 is 0. The second-order valence-corrected chi connectivity index (χ2v) is 4.92. The van der Waals surface area contributed by atoms with E-state index in [4.69, 9.17) is 4.74 Å². The smallest absolute Gasteiger partial charge is 0.307 e. The Morgan fingerprint density at radius 3 is 2.52 bits per heavy atom. The molecule has 1 heterocycles. The minimum absolute atomic E-state index is 0.124. The average Bonchev–Trinajstić information content (AvgIpc) is 2.55. The first kappa shape index (κ1) is 15.2. The van der Waals surface area contributed by atoms with Gasteiger partial charge in [-0.2, -0.15) is 0 Å². The summed E-state index contributed by atoms with van der Waals surface area (Å²) in [7, 11) is 1.41. The molecule has 0 saturated heterocycles. The van der Waals surface area contributed by atoms with Gasteiger partial charge in [0.15, 0.2) is 0 Å². The van der Waals surface area contributed by atoms with Gasteiger partial charge in [-0.3, -0.25) is 9.78 Å². The second kappa shape index (κ2) is 7.55. The Bertz CT molecular complexity index is 558. The Morgan fingerprint density at radius 2 is 1.90 bits per heavy atom. The molecule has 2 aromatic rings. The van der Waals surface area contributed by atoms with E-state index in [1.807, 2.05) is 30.3 Å². The van der Waals surface area contributed by atoms with Gasteiger partial charge in [0, 0.05) is 24.5 Å². The third kappa shape index (κ3) is 4.39. The standard InChI is InChI=1S/C17H20N2O2/c1-13(14-7-4-3-5-8-14)19-16(11-17(20)21-2)15-9-6-10-18-12-15/h3-10,12-13,16,19H,11H2,1-2H3/t13-,16-/m1/s1. The van der Waals surface area contributed by atoms with Gasteiger partial charge in [-0.15, -0.1) is 0 Å². The average molecular weight is 284 g/mol. The molecule has 0 amide bonds. The van der Waals surface area contributed by atoms with Crippen molar-refractivity contribution < 1.29 is 9.53 Å². The van der Waals surface area contributed by atoms with Gasteiger partial charge in [0.1, 0.15) is 0 Å². The lowest BCUT2D eigenvalue weighted by Crippen LogP contribution is -2.27. The molecule has 0 spiro atoms. The number of hydrogen-bond acceptors (Lipinski definition) is 4. The van der Waals surface area contributed by atoms with Crippen LogP contribution >= 0.6 is 0 Å². The minimum atomic E-state index is -0.239. The maximum Gasteiger partial charge on any atom is 0.307 e. The van der Waals surface area contributed by atoms with E-state index in [0.29, 0.717) is 0 Å². The number of benzene rings is 1. The Balaban J connectivity index is 2.14. The summed E-state index contributed by atoms with van der Waals surface area (Å²) in [6, 6.07) is 14.0. The molecule has 0 unspecified atom stereocenters. The Hall–Kier alpha value is -2.20. The quantitative estimate of drug-likeness (QED) is 0.828. The van der Waals surface area contributed by atoms with Crippen LogP contribution in [-0.2, 0) is 9.53 Å². The van der Waals surface area contributed by atoms with Gasteiger partial charge in [-0.25, -0.2) is 0 Å². The van der Waals surface area contributed by atoms with E-state index >= 15 is 0 Å². The fraction of sp³-hybridized carbons (Fsp3) is 0.294. The van der Waals surface area contributed by atoms with Crippen LogP contribution in [0.15, 0.2) is 54.9 Å². The zero-order valence-electron chi connectivity index (χ0n) is 12.3. The van der Waals surface area contributed by atoms with Crippen molar-refractivity contribution in [2.45, 2.75) is 25.4 Å². The molecule has 0 radical (unpaired) electrons. The summed E-state index contributed by atoms with van der Waals surface area (Å²) < 4.78 is 4.79.